The minimum absolute atomic E-state index is 0.500. The van der Waals surface area contributed by atoms with Gasteiger partial charge in [-0.25, -0.2) is 0 Å². The van der Waals surface area contributed by atoms with Gasteiger partial charge in [0, 0.05) is 22.5 Å². The van der Waals surface area contributed by atoms with E-state index in [2.05, 4.69) is 44.1 Å². The summed E-state index contributed by atoms with van der Waals surface area (Å²) in [6.07, 6.45) is 3.70. The molecule has 0 aromatic carbocycles. The first-order valence-electron chi connectivity index (χ1n) is 4.74. The van der Waals surface area contributed by atoms with Crippen LogP contribution in [-0.2, 0) is 0 Å². The summed E-state index contributed by atoms with van der Waals surface area (Å²) in [5, 5.41) is 3.31. The van der Waals surface area contributed by atoms with Gasteiger partial charge < -0.3 is 0 Å². The molecule has 2 rings (SSSR count). The van der Waals surface area contributed by atoms with Crippen molar-refractivity contribution < 1.29 is 0 Å². The molecule has 0 amide bonds. The van der Waals surface area contributed by atoms with Crippen molar-refractivity contribution in [2.45, 2.75) is 27.7 Å². The number of hydrogen-bond acceptors (Lipinski definition) is 2. The minimum Gasteiger partial charge on any atom is -0.264 e. The number of hydrogen-bond donors (Lipinski definition) is 0. The summed E-state index contributed by atoms with van der Waals surface area (Å²) in [4.78, 5) is 3.99. The van der Waals surface area contributed by atoms with Crippen LogP contribution in [0.4, 0.5) is 0 Å². The molecule has 14 heavy (non-hydrogen) atoms. The Bertz CT molecular complexity index is 348. The highest BCUT2D eigenvalue weighted by atomic mass is 32.1. The van der Waals surface area contributed by atoms with Crippen LogP contribution < -0.4 is 0 Å². The Morgan fingerprint density at radius 1 is 1.14 bits per heavy atom. The first kappa shape index (κ1) is 11.2. The molecule has 0 atom stereocenters. The summed E-state index contributed by atoms with van der Waals surface area (Å²) in [6, 6.07) is 4.10. The number of fused-ring (bicyclic) bond motifs is 1. The zero-order valence-electron chi connectivity index (χ0n) is 9.24. The van der Waals surface area contributed by atoms with Crippen molar-refractivity contribution in [3.8, 4) is 0 Å². The largest absolute Gasteiger partial charge is 0.264 e. The van der Waals surface area contributed by atoms with Crippen molar-refractivity contribution in [2.75, 3.05) is 0 Å². The Kier molecular flexibility index (Phi) is 3.64. The van der Waals surface area contributed by atoms with E-state index in [1.165, 1.54) is 10.1 Å². The molecule has 0 aliphatic carbocycles. The summed E-state index contributed by atoms with van der Waals surface area (Å²) in [6.45, 7) is 8.75. The van der Waals surface area contributed by atoms with Crippen LogP contribution in [0.5, 0.6) is 0 Å². The maximum absolute atomic E-state index is 3.99. The summed E-state index contributed by atoms with van der Waals surface area (Å²) < 4.78 is 1.31. The molecule has 2 aromatic heterocycles. The zero-order chi connectivity index (χ0) is 10.6. The van der Waals surface area contributed by atoms with Crippen molar-refractivity contribution >= 4 is 21.4 Å². The quantitative estimate of drug-likeness (QED) is 0.626. The van der Waals surface area contributed by atoms with Crippen LogP contribution in [0, 0.1) is 5.41 Å². The third-order valence-electron chi connectivity index (χ3n) is 1.25. The first-order chi connectivity index (χ1) is 6.47. The molecule has 0 saturated carbocycles. The standard InChI is InChI=1S/C7H5NS.C5H12/c1-3-8-5-6-2-4-9-7(1)6;1-5(2,3)4/h1-5H;1-4H3. The molecule has 2 aromatic rings. The van der Waals surface area contributed by atoms with Crippen LogP contribution in [0.25, 0.3) is 10.1 Å². The van der Waals surface area contributed by atoms with Gasteiger partial charge in [-0.2, -0.15) is 0 Å². The average Bonchev–Trinajstić information content (AvgIpc) is 2.47. The van der Waals surface area contributed by atoms with Gasteiger partial charge in [-0.3, -0.25) is 4.98 Å². The second-order valence-corrected chi connectivity index (χ2v) is 5.78. The van der Waals surface area contributed by atoms with Gasteiger partial charge in [0.15, 0.2) is 0 Å². The highest BCUT2D eigenvalue weighted by molar-refractivity contribution is 7.17. The first-order valence-corrected chi connectivity index (χ1v) is 5.62. The van der Waals surface area contributed by atoms with Gasteiger partial charge in [0.1, 0.15) is 0 Å². The van der Waals surface area contributed by atoms with Crippen molar-refractivity contribution in [2.24, 2.45) is 5.41 Å². The molecule has 76 valence electrons. The SMILES string of the molecule is CC(C)(C)C.c1cc2sccc2cn1. The van der Waals surface area contributed by atoms with E-state index >= 15 is 0 Å². The van der Waals surface area contributed by atoms with E-state index in [1.54, 1.807) is 11.3 Å². The fourth-order valence-electron chi connectivity index (χ4n) is 0.807. The Morgan fingerprint density at radius 2 is 1.79 bits per heavy atom. The third kappa shape index (κ3) is 4.38. The molecule has 0 bridgehead atoms. The molecule has 0 radical (unpaired) electrons. The molecule has 0 saturated heterocycles. The molecule has 1 nitrogen and oxygen atoms in total. The van der Waals surface area contributed by atoms with Crippen LogP contribution in [0.15, 0.2) is 29.9 Å². The lowest BCUT2D eigenvalue weighted by Gasteiger charge is -2.05. The number of aromatic nitrogens is 1. The Hall–Kier alpha value is -0.890. The molecular formula is C12H17NS. The van der Waals surface area contributed by atoms with Gasteiger partial charge in [-0.15, -0.1) is 11.3 Å². The number of rotatable bonds is 0. The molecule has 0 aliphatic rings. The topological polar surface area (TPSA) is 12.9 Å². The smallest absolute Gasteiger partial charge is 0.0373 e. The molecular weight excluding hydrogens is 190 g/mol. The highest BCUT2D eigenvalue weighted by Gasteiger charge is 1.95. The van der Waals surface area contributed by atoms with Gasteiger partial charge in [0.05, 0.1) is 0 Å². The van der Waals surface area contributed by atoms with E-state index < -0.39 is 0 Å². The predicted octanol–water partition coefficient (Wildman–Crippen LogP) is 4.35. The van der Waals surface area contributed by atoms with Crippen LogP contribution >= 0.6 is 11.3 Å². The molecule has 0 unspecified atom stereocenters. The average molecular weight is 207 g/mol. The van der Waals surface area contributed by atoms with E-state index in [9.17, 15) is 0 Å². The lowest BCUT2D eigenvalue weighted by Crippen LogP contribution is -1.93. The van der Waals surface area contributed by atoms with Crippen LogP contribution in [0.3, 0.4) is 0 Å². The van der Waals surface area contributed by atoms with Crippen molar-refractivity contribution in [3.63, 3.8) is 0 Å². The number of pyridine rings is 1. The lowest BCUT2D eigenvalue weighted by molar-refractivity contribution is 0.469. The Balaban J connectivity index is 0.000000171. The maximum atomic E-state index is 3.99. The lowest BCUT2D eigenvalue weighted by atomic mass is 10.0. The maximum Gasteiger partial charge on any atom is 0.0373 e. The Morgan fingerprint density at radius 3 is 2.36 bits per heavy atom. The Labute approximate surface area is 89.8 Å². The summed E-state index contributed by atoms with van der Waals surface area (Å²) in [7, 11) is 0. The number of thiophene rings is 1. The monoisotopic (exact) mass is 207 g/mol. The number of nitrogens with zero attached hydrogens (tertiary/aromatic N) is 1. The van der Waals surface area contributed by atoms with Crippen molar-refractivity contribution in [3.05, 3.63) is 29.9 Å². The zero-order valence-corrected chi connectivity index (χ0v) is 10.1. The van der Waals surface area contributed by atoms with Gasteiger partial charge in [0.2, 0.25) is 0 Å². The fraction of sp³-hybridized carbons (Fsp3) is 0.417. The van der Waals surface area contributed by atoms with E-state index in [0.717, 1.165) is 0 Å². The summed E-state index contributed by atoms with van der Waals surface area (Å²) >= 11 is 1.75. The van der Waals surface area contributed by atoms with E-state index in [-0.39, 0.29) is 0 Å². The summed E-state index contributed by atoms with van der Waals surface area (Å²) in [5.74, 6) is 0. The third-order valence-corrected chi connectivity index (χ3v) is 2.15. The van der Waals surface area contributed by atoms with Gasteiger partial charge >= 0.3 is 0 Å². The molecule has 2 heteroatoms. The minimum atomic E-state index is 0.500. The second kappa shape index (κ2) is 4.56. The molecule has 0 spiro atoms. The van der Waals surface area contributed by atoms with Crippen LogP contribution in [0.1, 0.15) is 27.7 Å². The second-order valence-electron chi connectivity index (χ2n) is 4.83. The van der Waals surface area contributed by atoms with Crippen LogP contribution in [-0.4, -0.2) is 4.98 Å². The van der Waals surface area contributed by atoms with Gasteiger partial charge in [0.25, 0.3) is 0 Å². The van der Waals surface area contributed by atoms with Gasteiger partial charge in [-0.1, -0.05) is 27.7 Å². The molecule has 0 fully saturated rings. The molecule has 0 N–H and O–H groups in total. The van der Waals surface area contributed by atoms with Crippen molar-refractivity contribution in [1.82, 2.24) is 4.98 Å². The predicted molar refractivity (Wildman–Crippen MR) is 64.7 cm³/mol. The van der Waals surface area contributed by atoms with E-state index in [4.69, 9.17) is 0 Å². The summed E-state index contributed by atoms with van der Waals surface area (Å²) in [5.41, 5.74) is 0.500. The molecule has 0 aliphatic heterocycles. The van der Waals surface area contributed by atoms with Crippen LogP contribution in [0.2, 0.25) is 0 Å². The van der Waals surface area contributed by atoms with E-state index in [0.29, 0.717) is 5.41 Å². The molecule has 2 heterocycles. The fourth-order valence-corrected chi connectivity index (χ4v) is 1.56. The van der Waals surface area contributed by atoms with E-state index in [1.807, 2.05) is 18.5 Å². The van der Waals surface area contributed by atoms with Gasteiger partial charge in [-0.05, 0) is 22.9 Å². The normalized spacial score (nSPS) is 10.9. The highest BCUT2D eigenvalue weighted by Crippen LogP contribution is 2.17. The van der Waals surface area contributed by atoms with Crippen molar-refractivity contribution in [1.29, 1.82) is 0 Å².